The molecule has 0 saturated carbocycles. The molecule has 0 unspecified atom stereocenters. The van der Waals surface area contributed by atoms with Crippen LogP contribution in [-0.2, 0) is 11.2 Å². The molecule has 1 fully saturated rings. The van der Waals surface area contributed by atoms with Gasteiger partial charge in [-0.3, -0.25) is 9.69 Å². The molecule has 1 amide bonds. The fraction of sp³-hybridized carbons (Fsp3) is 0.350. The molecule has 1 aliphatic rings. The monoisotopic (exact) mass is 415 g/mol. The van der Waals surface area contributed by atoms with Crippen molar-refractivity contribution in [3.8, 4) is 0 Å². The van der Waals surface area contributed by atoms with Gasteiger partial charge in [-0.05, 0) is 35.6 Å². The van der Waals surface area contributed by atoms with Crippen LogP contribution in [0.3, 0.4) is 0 Å². The second-order valence-electron chi connectivity index (χ2n) is 6.83. The molecule has 6 nitrogen and oxygen atoms in total. The maximum Gasteiger partial charge on any atom is 0.234 e. The zero-order valence-corrected chi connectivity index (χ0v) is 17.0. The van der Waals surface area contributed by atoms with Crippen LogP contribution in [0.2, 0.25) is 5.02 Å². The Morgan fingerprint density at radius 1 is 1.11 bits per heavy atom. The number of hydrogen-bond donors (Lipinski definition) is 1. The number of piperazine rings is 1. The number of thiophene rings is 1. The van der Waals surface area contributed by atoms with Crippen molar-refractivity contribution >= 4 is 44.9 Å². The summed E-state index contributed by atoms with van der Waals surface area (Å²) in [5.41, 5.74) is 1.17. The minimum Gasteiger partial charge on any atom is -0.355 e. The van der Waals surface area contributed by atoms with E-state index in [0.717, 1.165) is 53.7 Å². The van der Waals surface area contributed by atoms with Gasteiger partial charge in [0.25, 0.3) is 0 Å². The lowest BCUT2D eigenvalue weighted by Crippen LogP contribution is -2.49. The molecule has 4 rings (SSSR count). The van der Waals surface area contributed by atoms with E-state index in [1.165, 1.54) is 5.56 Å². The van der Waals surface area contributed by atoms with Gasteiger partial charge in [-0.2, -0.15) is 0 Å². The summed E-state index contributed by atoms with van der Waals surface area (Å²) in [7, 11) is 0. The SMILES string of the molecule is O=C(CN1CCN(c2ncnc3sccc23)CC1)NCCc1ccc(Cl)cc1. The summed E-state index contributed by atoms with van der Waals surface area (Å²) >= 11 is 7.52. The molecular weight excluding hydrogens is 394 g/mol. The molecule has 146 valence electrons. The highest BCUT2D eigenvalue weighted by Crippen LogP contribution is 2.27. The van der Waals surface area contributed by atoms with Gasteiger partial charge < -0.3 is 10.2 Å². The number of rotatable bonds is 6. The lowest BCUT2D eigenvalue weighted by atomic mass is 10.1. The van der Waals surface area contributed by atoms with Crippen molar-refractivity contribution in [2.45, 2.75) is 6.42 Å². The second kappa shape index (κ2) is 8.86. The molecular formula is C20H22ClN5OS. The predicted molar refractivity (Wildman–Crippen MR) is 114 cm³/mol. The van der Waals surface area contributed by atoms with Crippen molar-refractivity contribution in [2.24, 2.45) is 0 Å². The van der Waals surface area contributed by atoms with E-state index in [9.17, 15) is 4.79 Å². The van der Waals surface area contributed by atoms with Crippen molar-refractivity contribution in [2.75, 3.05) is 44.2 Å². The van der Waals surface area contributed by atoms with Crippen LogP contribution in [0.1, 0.15) is 5.56 Å². The van der Waals surface area contributed by atoms with Crippen molar-refractivity contribution in [3.63, 3.8) is 0 Å². The molecule has 8 heteroatoms. The largest absolute Gasteiger partial charge is 0.355 e. The lowest BCUT2D eigenvalue weighted by molar-refractivity contribution is -0.122. The summed E-state index contributed by atoms with van der Waals surface area (Å²) < 4.78 is 0. The standard InChI is InChI=1S/C20H22ClN5OS/c21-16-3-1-15(2-4-16)5-7-22-18(27)13-25-8-10-26(11-9-25)19-17-6-12-28-20(17)24-14-23-19/h1-4,6,12,14H,5,7-11,13H2,(H,22,27). The highest BCUT2D eigenvalue weighted by molar-refractivity contribution is 7.16. The smallest absolute Gasteiger partial charge is 0.234 e. The van der Waals surface area contributed by atoms with Gasteiger partial charge in [-0.25, -0.2) is 9.97 Å². The van der Waals surface area contributed by atoms with Crippen LogP contribution in [0.25, 0.3) is 10.2 Å². The quantitative estimate of drug-likeness (QED) is 0.670. The Morgan fingerprint density at radius 3 is 2.68 bits per heavy atom. The van der Waals surface area contributed by atoms with Crippen LogP contribution in [-0.4, -0.2) is 60.0 Å². The van der Waals surface area contributed by atoms with Crippen LogP contribution >= 0.6 is 22.9 Å². The number of amides is 1. The normalized spacial score (nSPS) is 15.1. The zero-order chi connectivity index (χ0) is 19.3. The zero-order valence-electron chi connectivity index (χ0n) is 15.5. The number of nitrogens with one attached hydrogen (secondary N) is 1. The molecule has 0 radical (unpaired) electrons. The van der Waals surface area contributed by atoms with Crippen LogP contribution in [0, 0.1) is 0 Å². The molecule has 28 heavy (non-hydrogen) atoms. The maximum atomic E-state index is 12.2. The van der Waals surface area contributed by atoms with E-state index in [0.29, 0.717) is 13.1 Å². The highest BCUT2D eigenvalue weighted by atomic mass is 35.5. The Balaban J connectivity index is 1.22. The Bertz CT molecular complexity index is 937. The first-order chi connectivity index (χ1) is 13.7. The minimum absolute atomic E-state index is 0.0738. The van der Waals surface area contributed by atoms with E-state index in [1.807, 2.05) is 29.6 Å². The van der Waals surface area contributed by atoms with Crippen LogP contribution in [0.5, 0.6) is 0 Å². The Labute approximate surface area is 173 Å². The van der Waals surface area contributed by atoms with Gasteiger partial charge in [0.15, 0.2) is 0 Å². The first kappa shape index (κ1) is 19.1. The van der Waals surface area contributed by atoms with Gasteiger partial charge in [0, 0.05) is 37.7 Å². The molecule has 3 aromatic rings. The summed E-state index contributed by atoms with van der Waals surface area (Å²) in [6, 6.07) is 9.81. The number of halogens is 1. The molecule has 0 aliphatic carbocycles. The van der Waals surface area contributed by atoms with Crippen molar-refractivity contribution < 1.29 is 4.79 Å². The Hall–Kier alpha value is -2.22. The highest BCUT2D eigenvalue weighted by Gasteiger charge is 2.21. The van der Waals surface area contributed by atoms with Crippen LogP contribution in [0.4, 0.5) is 5.82 Å². The average molecular weight is 416 g/mol. The number of nitrogens with zero attached hydrogens (tertiary/aromatic N) is 4. The number of hydrogen-bond acceptors (Lipinski definition) is 6. The average Bonchev–Trinajstić information content (AvgIpc) is 3.19. The Kier molecular flexibility index (Phi) is 6.04. The van der Waals surface area contributed by atoms with Crippen molar-refractivity contribution in [1.29, 1.82) is 0 Å². The molecule has 1 aromatic carbocycles. The fourth-order valence-electron chi connectivity index (χ4n) is 3.40. The second-order valence-corrected chi connectivity index (χ2v) is 8.16. The molecule has 1 N–H and O–H groups in total. The number of carbonyl (C=O) groups is 1. The third kappa shape index (κ3) is 4.60. The molecule has 0 atom stereocenters. The van der Waals surface area contributed by atoms with E-state index in [1.54, 1.807) is 17.7 Å². The van der Waals surface area contributed by atoms with Gasteiger partial charge in [0.1, 0.15) is 17.0 Å². The van der Waals surface area contributed by atoms with Gasteiger partial charge >= 0.3 is 0 Å². The summed E-state index contributed by atoms with van der Waals surface area (Å²) in [4.78, 5) is 26.5. The molecule has 2 aromatic heterocycles. The number of fused-ring (bicyclic) bond motifs is 1. The third-order valence-corrected chi connectivity index (χ3v) is 6.00. The first-order valence-corrected chi connectivity index (χ1v) is 10.6. The third-order valence-electron chi connectivity index (χ3n) is 4.93. The van der Waals surface area contributed by atoms with Crippen LogP contribution < -0.4 is 10.2 Å². The lowest BCUT2D eigenvalue weighted by Gasteiger charge is -2.35. The van der Waals surface area contributed by atoms with Gasteiger partial charge in [-0.15, -0.1) is 11.3 Å². The predicted octanol–water partition coefficient (Wildman–Crippen LogP) is 2.83. The van der Waals surface area contributed by atoms with E-state index in [4.69, 9.17) is 11.6 Å². The fourth-order valence-corrected chi connectivity index (χ4v) is 4.26. The van der Waals surface area contributed by atoms with E-state index < -0.39 is 0 Å². The van der Waals surface area contributed by atoms with E-state index in [2.05, 4.69) is 31.2 Å². The molecule has 1 saturated heterocycles. The molecule has 3 heterocycles. The van der Waals surface area contributed by atoms with Gasteiger partial charge in [0.05, 0.1) is 11.9 Å². The summed E-state index contributed by atoms with van der Waals surface area (Å²) in [5.74, 6) is 1.07. The van der Waals surface area contributed by atoms with E-state index >= 15 is 0 Å². The number of benzene rings is 1. The van der Waals surface area contributed by atoms with Crippen molar-refractivity contribution in [3.05, 3.63) is 52.6 Å². The Morgan fingerprint density at radius 2 is 1.89 bits per heavy atom. The first-order valence-electron chi connectivity index (χ1n) is 9.36. The minimum atomic E-state index is 0.0738. The molecule has 0 spiro atoms. The van der Waals surface area contributed by atoms with Gasteiger partial charge in [-0.1, -0.05) is 23.7 Å². The maximum absolute atomic E-state index is 12.2. The van der Waals surface area contributed by atoms with Crippen LogP contribution in [0.15, 0.2) is 42.0 Å². The van der Waals surface area contributed by atoms with E-state index in [-0.39, 0.29) is 5.91 Å². The van der Waals surface area contributed by atoms with Crippen molar-refractivity contribution in [1.82, 2.24) is 20.2 Å². The number of anilines is 1. The number of aromatic nitrogens is 2. The topological polar surface area (TPSA) is 61.4 Å². The molecule has 1 aliphatic heterocycles. The summed E-state index contributed by atoms with van der Waals surface area (Å²) in [5, 5.41) is 6.90. The summed E-state index contributed by atoms with van der Waals surface area (Å²) in [6.45, 7) is 4.49. The molecule has 0 bridgehead atoms. The number of carbonyl (C=O) groups excluding carboxylic acids is 1. The summed E-state index contributed by atoms with van der Waals surface area (Å²) in [6.07, 6.45) is 2.44. The van der Waals surface area contributed by atoms with Gasteiger partial charge in [0.2, 0.25) is 5.91 Å².